The zero-order valence-corrected chi connectivity index (χ0v) is 14.7. The molecule has 6 nitrogen and oxygen atoms in total. The molecule has 2 atom stereocenters. The maximum absolute atomic E-state index is 12.4. The molecule has 0 aliphatic rings. The second-order valence-corrected chi connectivity index (χ2v) is 6.04. The van der Waals surface area contributed by atoms with Gasteiger partial charge in [0.05, 0.1) is 6.10 Å². The third-order valence-electron chi connectivity index (χ3n) is 3.68. The minimum atomic E-state index is -0.792. The second-order valence-electron chi connectivity index (χ2n) is 6.04. The number of carbonyl (C=O) groups excluding carboxylic acids is 2. The van der Waals surface area contributed by atoms with Gasteiger partial charge in [-0.1, -0.05) is 60.7 Å². The van der Waals surface area contributed by atoms with Crippen LogP contribution in [-0.2, 0) is 22.6 Å². The number of aliphatic hydroxyl groups is 1. The maximum atomic E-state index is 12.4. The first-order valence-electron chi connectivity index (χ1n) is 8.51. The van der Waals surface area contributed by atoms with E-state index >= 15 is 0 Å². The molecule has 0 aliphatic carbocycles. The van der Waals surface area contributed by atoms with Gasteiger partial charge in [-0.2, -0.15) is 0 Å². The highest BCUT2D eigenvalue weighted by Gasteiger charge is 2.22. The van der Waals surface area contributed by atoms with Crippen molar-refractivity contribution < 1.29 is 19.4 Å². The lowest BCUT2D eigenvalue weighted by atomic mass is 10.1. The number of ether oxygens (including phenoxy) is 1. The average molecular weight is 356 g/mol. The molecule has 2 rings (SSSR count). The Bertz CT molecular complexity index is 689. The molecule has 2 aromatic carbocycles. The van der Waals surface area contributed by atoms with Crippen LogP contribution in [-0.4, -0.2) is 35.8 Å². The first kappa shape index (κ1) is 19.5. The molecule has 2 aromatic rings. The maximum Gasteiger partial charge on any atom is 0.408 e. The van der Waals surface area contributed by atoms with E-state index in [-0.39, 0.29) is 19.1 Å². The van der Waals surface area contributed by atoms with E-state index in [4.69, 9.17) is 4.74 Å². The second kappa shape index (κ2) is 10.2. The van der Waals surface area contributed by atoms with E-state index < -0.39 is 18.2 Å². The summed E-state index contributed by atoms with van der Waals surface area (Å²) in [5.74, 6) is -0.369. The molecule has 26 heavy (non-hydrogen) atoms. The van der Waals surface area contributed by atoms with Crippen molar-refractivity contribution in [2.45, 2.75) is 32.1 Å². The lowest BCUT2D eigenvalue weighted by Crippen LogP contribution is -2.49. The summed E-state index contributed by atoms with van der Waals surface area (Å²) >= 11 is 0. The average Bonchev–Trinajstić information content (AvgIpc) is 2.65. The summed E-state index contributed by atoms with van der Waals surface area (Å²) in [6.07, 6.45) is -1.00. The standard InChI is InChI=1S/C20H24N2O4/c1-15(23)13-21-19(24)18(12-16-8-4-2-5-9-16)22-20(25)26-14-17-10-6-3-7-11-17/h2-11,15,18,23H,12-14H2,1H3,(H,21,24)(H,22,25)/t15?,18-/m0/s1. The highest BCUT2D eigenvalue weighted by Crippen LogP contribution is 2.05. The number of hydrogen-bond acceptors (Lipinski definition) is 4. The van der Waals surface area contributed by atoms with E-state index in [1.807, 2.05) is 60.7 Å². The fourth-order valence-electron chi connectivity index (χ4n) is 2.34. The van der Waals surface area contributed by atoms with Crippen molar-refractivity contribution in [2.24, 2.45) is 0 Å². The normalized spacial score (nSPS) is 12.7. The molecule has 0 radical (unpaired) electrons. The lowest BCUT2D eigenvalue weighted by molar-refractivity contribution is -0.123. The van der Waals surface area contributed by atoms with Crippen molar-refractivity contribution in [3.05, 3.63) is 71.8 Å². The van der Waals surface area contributed by atoms with E-state index in [0.29, 0.717) is 6.42 Å². The summed E-state index contributed by atoms with van der Waals surface area (Å²) in [5.41, 5.74) is 1.77. The highest BCUT2D eigenvalue weighted by molar-refractivity contribution is 5.85. The summed E-state index contributed by atoms with van der Waals surface area (Å²) < 4.78 is 5.19. The molecule has 0 fully saturated rings. The molecule has 1 unspecified atom stereocenters. The minimum absolute atomic E-state index is 0.116. The van der Waals surface area contributed by atoms with Gasteiger partial charge in [-0.3, -0.25) is 4.79 Å². The Labute approximate surface area is 153 Å². The number of alkyl carbamates (subject to hydrolysis) is 1. The van der Waals surface area contributed by atoms with Gasteiger partial charge in [-0.25, -0.2) is 4.79 Å². The van der Waals surface area contributed by atoms with Gasteiger partial charge in [-0.15, -0.1) is 0 Å². The van der Waals surface area contributed by atoms with E-state index in [2.05, 4.69) is 10.6 Å². The molecule has 0 spiro atoms. The fraction of sp³-hybridized carbons (Fsp3) is 0.300. The smallest absolute Gasteiger partial charge is 0.408 e. The molecule has 0 aromatic heterocycles. The van der Waals surface area contributed by atoms with Gasteiger partial charge in [0.25, 0.3) is 0 Å². The van der Waals surface area contributed by atoms with Crippen LogP contribution in [0.1, 0.15) is 18.1 Å². The quantitative estimate of drug-likeness (QED) is 0.675. The molecule has 0 bridgehead atoms. The number of carbonyl (C=O) groups is 2. The summed E-state index contributed by atoms with van der Waals surface area (Å²) in [5, 5.41) is 14.6. The van der Waals surface area contributed by atoms with E-state index in [1.54, 1.807) is 6.92 Å². The van der Waals surface area contributed by atoms with Crippen molar-refractivity contribution in [1.82, 2.24) is 10.6 Å². The van der Waals surface area contributed by atoms with Crippen molar-refractivity contribution in [1.29, 1.82) is 0 Å². The van der Waals surface area contributed by atoms with Gasteiger partial charge in [0.2, 0.25) is 5.91 Å². The lowest BCUT2D eigenvalue weighted by Gasteiger charge is -2.19. The SMILES string of the molecule is CC(O)CNC(=O)[C@H](Cc1ccccc1)NC(=O)OCc1ccccc1. The number of nitrogens with one attached hydrogen (secondary N) is 2. The Morgan fingerprint density at radius 2 is 1.58 bits per heavy atom. The molecule has 0 saturated carbocycles. The van der Waals surface area contributed by atoms with Crippen LogP contribution in [0.25, 0.3) is 0 Å². The van der Waals surface area contributed by atoms with Crippen molar-refractivity contribution in [3.8, 4) is 0 Å². The first-order chi connectivity index (χ1) is 12.5. The first-order valence-corrected chi connectivity index (χ1v) is 8.51. The topological polar surface area (TPSA) is 87.7 Å². The van der Waals surface area contributed by atoms with Crippen molar-refractivity contribution in [3.63, 3.8) is 0 Å². The van der Waals surface area contributed by atoms with E-state index in [1.165, 1.54) is 0 Å². The third kappa shape index (κ3) is 6.94. The van der Waals surface area contributed by atoms with Crippen molar-refractivity contribution in [2.75, 3.05) is 6.54 Å². The van der Waals surface area contributed by atoms with E-state index in [9.17, 15) is 14.7 Å². The molecule has 0 aliphatic heterocycles. The Morgan fingerprint density at radius 1 is 1.00 bits per heavy atom. The Morgan fingerprint density at radius 3 is 2.15 bits per heavy atom. The summed E-state index contributed by atoms with van der Waals surface area (Å²) in [6.45, 7) is 1.82. The van der Waals surface area contributed by atoms with Gasteiger partial charge in [-0.05, 0) is 18.1 Å². The molecular weight excluding hydrogens is 332 g/mol. The molecule has 2 amide bonds. The van der Waals surface area contributed by atoms with Crippen LogP contribution in [0.3, 0.4) is 0 Å². The number of benzene rings is 2. The van der Waals surface area contributed by atoms with Crippen LogP contribution in [0.4, 0.5) is 4.79 Å². The van der Waals surface area contributed by atoms with Gasteiger partial charge in [0, 0.05) is 13.0 Å². The predicted molar refractivity (Wildman–Crippen MR) is 98.4 cm³/mol. The van der Waals surface area contributed by atoms with Crippen LogP contribution in [0.15, 0.2) is 60.7 Å². The van der Waals surface area contributed by atoms with Crippen LogP contribution >= 0.6 is 0 Å². The largest absolute Gasteiger partial charge is 0.445 e. The third-order valence-corrected chi connectivity index (χ3v) is 3.68. The monoisotopic (exact) mass is 356 g/mol. The molecule has 3 N–H and O–H groups in total. The Kier molecular flexibility index (Phi) is 7.64. The van der Waals surface area contributed by atoms with Crippen LogP contribution in [0.5, 0.6) is 0 Å². The van der Waals surface area contributed by atoms with Gasteiger partial charge in [0.15, 0.2) is 0 Å². The summed E-state index contributed by atoms with van der Waals surface area (Å²) in [6, 6.07) is 17.9. The number of rotatable bonds is 8. The zero-order valence-electron chi connectivity index (χ0n) is 14.7. The molecule has 138 valence electrons. The van der Waals surface area contributed by atoms with E-state index in [0.717, 1.165) is 11.1 Å². The predicted octanol–water partition coefficient (Wildman–Crippen LogP) is 2.02. The van der Waals surface area contributed by atoms with Gasteiger partial charge in [0.1, 0.15) is 12.6 Å². The molecular formula is C20H24N2O4. The summed E-state index contributed by atoms with van der Waals surface area (Å²) in [4.78, 5) is 24.5. The van der Waals surface area contributed by atoms with Crippen molar-refractivity contribution >= 4 is 12.0 Å². The van der Waals surface area contributed by atoms with Crippen LogP contribution in [0.2, 0.25) is 0 Å². The van der Waals surface area contributed by atoms with Gasteiger partial charge < -0.3 is 20.5 Å². The number of aliphatic hydroxyl groups excluding tert-OH is 1. The molecule has 0 heterocycles. The van der Waals surface area contributed by atoms with Crippen LogP contribution in [0, 0.1) is 0 Å². The zero-order chi connectivity index (χ0) is 18.8. The Hall–Kier alpha value is -2.86. The highest BCUT2D eigenvalue weighted by atomic mass is 16.5. The minimum Gasteiger partial charge on any atom is -0.445 e. The van der Waals surface area contributed by atoms with Crippen LogP contribution < -0.4 is 10.6 Å². The fourth-order valence-corrected chi connectivity index (χ4v) is 2.34. The number of amides is 2. The summed E-state index contributed by atoms with van der Waals surface area (Å²) in [7, 11) is 0. The molecule has 0 saturated heterocycles. The Balaban J connectivity index is 1.95. The van der Waals surface area contributed by atoms with Gasteiger partial charge >= 0.3 is 6.09 Å². The number of hydrogen-bond donors (Lipinski definition) is 3. The molecule has 6 heteroatoms.